The van der Waals surface area contributed by atoms with Crippen LogP contribution in [0.5, 0.6) is 5.75 Å². The lowest BCUT2D eigenvalue weighted by atomic mass is 10.3. The Labute approximate surface area is 172 Å². The van der Waals surface area contributed by atoms with Crippen LogP contribution in [0.15, 0.2) is 47.3 Å². The normalized spacial score (nSPS) is 11.4. The summed E-state index contributed by atoms with van der Waals surface area (Å²) in [5, 5.41) is 2.69. The van der Waals surface area contributed by atoms with Crippen LogP contribution in [-0.2, 0) is 21.9 Å². The van der Waals surface area contributed by atoms with E-state index in [9.17, 15) is 18.0 Å². The van der Waals surface area contributed by atoms with Gasteiger partial charge >= 0.3 is 4.87 Å². The van der Waals surface area contributed by atoms with E-state index in [1.807, 2.05) is 6.92 Å². The van der Waals surface area contributed by atoms with Crippen LogP contribution in [0.2, 0.25) is 0 Å². The van der Waals surface area contributed by atoms with Crippen molar-refractivity contribution in [1.29, 1.82) is 0 Å². The smallest absolute Gasteiger partial charge is 0.307 e. The van der Waals surface area contributed by atoms with Crippen LogP contribution in [0, 0.1) is 0 Å². The van der Waals surface area contributed by atoms with Crippen molar-refractivity contribution in [2.24, 2.45) is 7.05 Å². The van der Waals surface area contributed by atoms with E-state index in [1.165, 1.54) is 4.57 Å². The Kier molecular flexibility index (Phi) is 5.94. The maximum Gasteiger partial charge on any atom is 0.307 e. The number of amides is 1. The molecule has 1 amide bonds. The van der Waals surface area contributed by atoms with Gasteiger partial charge in [-0.15, -0.1) is 0 Å². The van der Waals surface area contributed by atoms with E-state index < -0.39 is 15.9 Å². The number of hydrogen-bond acceptors (Lipinski definition) is 6. The lowest BCUT2D eigenvalue weighted by molar-refractivity contribution is -0.114. The summed E-state index contributed by atoms with van der Waals surface area (Å²) in [5.41, 5.74) is 1.62. The van der Waals surface area contributed by atoms with Crippen molar-refractivity contribution in [3.8, 4) is 5.75 Å². The number of anilines is 2. The second kappa shape index (κ2) is 8.26. The molecule has 0 aliphatic rings. The van der Waals surface area contributed by atoms with Gasteiger partial charge in [0.2, 0.25) is 15.9 Å². The molecule has 0 saturated heterocycles. The number of thiazole rings is 1. The number of nitrogens with zero attached hydrogens (tertiary/aromatic N) is 2. The van der Waals surface area contributed by atoms with E-state index in [1.54, 1.807) is 49.5 Å². The summed E-state index contributed by atoms with van der Waals surface area (Å²) in [5.74, 6) is 0.122. The molecule has 0 bridgehead atoms. The first-order chi connectivity index (χ1) is 13.7. The van der Waals surface area contributed by atoms with Crippen LogP contribution < -0.4 is 19.2 Å². The number of ether oxygens (including phenoxy) is 1. The number of carbonyl (C=O) groups is 1. The number of aromatic nitrogens is 1. The first-order valence-corrected chi connectivity index (χ1v) is 11.5. The van der Waals surface area contributed by atoms with Crippen molar-refractivity contribution in [2.45, 2.75) is 6.92 Å². The molecule has 3 rings (SSSR count). The predicted molar refractivity (Wildman–Crippen MR) is 115 cm³/mol. The van der Waals surface area contributed by atoms with Gasteiger partial charge in [0.15, 0.2) is 0 Å². The summed E-state index contributed by atoms with van der Waals surface area (Å²) in [6.45, 7) is 1.97. The molecule has 3 aromatic rings. The van der Waals surface area contributed by atoms with Gasteiger partial charge in [-0.3, -0.25) is 13.9 Å². The third kappa shape index (κ3) is 4.77. The highest BCUT2D eigenvalue weighted by Crippen LogP contribution is 2.23. The third-order valence-electron chi connectivity index (χ3n) is 4.20. The molecule has 0 radical (unpaired) electrons. The molecule has 2 aromatic carbocycles. The van der Waals surface area contributed by atoms with Crippen LogP contribution in [0.4, 0.5) is 11.4 Å². The average Bonchev–Trinajstić information content (AvgIpc) is 2.93. The minimum absolute atomic E-state index is 0.0952. The maximum atomic E-state index is 12.5. The molecule has 0 aliphatic heterocycles. The van der Waals surface area contributed by atoms with Gasteiger partial charge in [0.05, 0.1) is 28.8 Å². The van der Waals surface area contributed by atoms with Crippen LogP contribution in [0.3, 0.4) is 0 Å². The average molecular weight is 436 g/mol. The summed E-state index contributed by atoms with van der Waals surface area (Å²) in [7, 11) is -2.00. The van der Waals surface area contributed by atoms with Gasteiger partial charge in [0.1, 0.15) is 12.3 Å². The molecule has 0 saturated carbocycles. The van der Waals surface area contributed by atoms with Crippen molar-refractivity contribution < 1.29 is 17.9 Å². The summed E-state index contributed by atoms with van der Waals surface area (Å²) in [6.07, 6.45) is 1.05. The van der Waals surface area contributed by atoms with Crippen LogP contribution in [0.1, 0.15) is 6.92 Å². The Bertz CT molecular complexity index is 1200. The van der Waals surface area contributed by atoms with Crippen LogP contribution in [-0.4, -0.2) is 38.3 Å². The lowest BCUT2D eigenvalue weighted by Crippen LogP contribution is -2.37. The molecule has 8 nitrogen and oxygen atoms in total. The van der Waals surface area contributed by atoms with Gasteiger partial charge in [0, 0.05) is 12.7 Å². The van der Waals surface area contributed by atoms with Gasteiger partial charge in [-0.2, -0.15) is 0 Å². The highest BCUT2D eigenvalue weighted by Gasteiger charge is 2.21. The van der Waals surface area contributed by atoms with E-state index in [-0.39, 0.29) is 11.4 Å². The number of nitrogens with one attached hydrogen (secondary N) is 1. The molecule has 0 aliphatic carbocycles. The van der Waals surface area contributed by atoms with Gasteiger partial charge in [0.25, 0.3) is 0 Å². The maximum absolute atomic E-state index is 12.5. The fourth-order valence-electron chi connectivity index (χ4n) is 2.82. The number of sulfonamides is 1. The first-order valence-electron chi connectivity index (χ1n) is 8.79. The van der Waals surface area contributed by atoms with E-state index in [0.717, 1.165) is 32.1 Å². The molecule has 0 atom stereocenters. The van der Waals surface area contributed by atoms with Gasteiger partial charge in [-0.1, -0.05) is 11.3 Å². The quantitative estimate of drug-likeness (QED) is 0.615. The number of hydrogen-bond donors (Lipinski definition) is 1. The predicted octanol–water partition coefficient (Wildman–Crippen LogP) is 2.40. The zero-order chi connectivity index (χ0) is 21.2. The number of fused-ring (bicyclic) bond motifs is 1. The van der Waals surface area contributed by atoms with Crippen molar-refractivity contribution in [2.75, 3.05) is 29.0 Å². The Morgan fingerprint density at radius 1 is 1.21 bits per heavy atom. The molecular weight excluding hydrogens is 414 g/mol. The molecule has 1 heterocycles. The van der Waals surface area contributed by atoms with Crippen LogP contribution in [0.25, 0.3) is 10.2 Å². The molecule has 0 fully saturated rings. The Morgan fingerprint density at radius 3 is 2.52 bits per heavy atom. The van der Waals surface area contributed by atoms with Crippen LogP contribution >= 0.6 is 11.3 Å². The largest absolute Gasteiger partial charge is 0.494 e. The molecule has 10 heteroatoms. The molecule has 154 valence electrons. The highest BCUT2D eigenvalue weighted by atomic mass is 32.2. The molecule has 0 unspecified atom stereocenters. The summed E-state index contributed by atoms with van der Waals surface area (Å²) >= 11 is 1.08. The second-order valence-corrected chi connectivity index (χ2v) is 9.25. The highest BCUT2D eigenvalue weighted by molar-refractivity contribution is 7.92. The number of carbonyl (C=O) groups excluding carboxylic acids is 1. The second-order valence-electron chi connectivity index (χ2n) is 6.35. The van der Waals surface area contributed by atoms with Gasteiger partial charge < -0.3 is 14.6 Å². The zero-order valence-corrected chi connectivity index (χ0v) is 17.8. The van der Waals surface area contributed by atoms with Gasteiger partial charge in [-0.05, 0) is 49.4 Å². The van der Waals surface area contributed by atoms with E-state index in [0.29, 0.717) is 23.7 Å². The summed E-state index contributed by atoms with van der Waals surface area (Å²) in [4.78, 5) is 24.2. The SMILES string of the molecule is CCOc1ccc(N(CC(=O)Nc2ccc3c(c2)sc(=O)n3C)S(C)(=O)=O)cc1. The zero-order valence-electron chi connectivity index (χ0n) is 16.2. The summed E-state index contributed by atoms with van der Waals surface area (Å²) in [6, 6.07) is 11.6. The van der Waals surface area contributed by atoms with E-state index in [2.05, 4.69) is 5.32 Å². The molecule has 1 aromatic heterocycles. The van der Waals surface area contributed by atoms with E-state index >= 15 is 0 Å². The lowest BCUT2D eigenvalue weighted by Gasteiger charge is -2.22. The molecule has 29 heavy (non-hydrogen) atoms. The monoisotopic (exact) mass is 435 g/mol. The third-order valence-corrected chi connectivity index (χ3v) is 6.34. The topological polar surface area (TPSA) is 97.7 Å². The van der Waals surface area contributed by atoms with Gasteiger partial charge in [-0.25, -0.2) is 8.42 Å². The number of rotatable bonds is 7. The fourth-order valence-corrected chi connectivity index (χ4v) is 4.59. The Hall–Kier alpha value is -2.85. The number of benzene rings is 2. The minimum Gasteiger partial charge on any atom is -0.494 e. The standard InChI is InChI=1S/C19H21N3O5S2/c1-4-27-15-8-6-14(7-9-15)22(29(3,25)26)12-18(23)20-13-5-10-16-17(11-13)28-19(24)21(16)2/h5-11H,4,12H2,1-3H3,(H,20,23). The first kappa shape index (κ1) is 20.9. The Balaban J connectivity index is 1.79. The number of aryl methyl sites for hydroxylation is 1. The molecule has 0 spiro atoms. The minimum atomic E-state index is -3.68. The van der Waals surface area contributed by atoms with Crippen molar-refractivity contribution in [3.05, 3.63) is 52.1 Å². The molecule has 1 N–H and O–H groups in total. The van der Waals surface area contributed by atoms with Crippen molar-refractivity contribution in [3.63, 3.8) is 0 Å². The molecular formula is C19H21N3O5S2. The van der Waals surface area contributed by atoms with Crippen molar-refractivity contribution >= 4 is 48.9 Å². The fraction of sp³-hybridized carbons (Fsp3) is 0.263. The van der Waals surface area contributed by atoms with Crippen molar-refractivity contribution in [1.82, 2.24) is 4.57 Å². The summed E-state index contributed by atoms with van der Waals surface area (Å²) < 4.78 is 33.1. The van der Waals surface area contributed by atoms with E-state index in [4.69, 9.17) is 4.74 Å². The Morgan fingerprint density at radius 2 is 1.90 bits per heavy atom.